The molecule has 31 heavy (non-hydrogen) atoms. The van der Waals surface area contributed by atoms with Crippen molar-refractivity contribution in [3.8, 4) is 22.4 Å². The number of aromatic nitrogens is 2. The summed E-state index contributed by atoms with van der Waals surface area (Å²) in [7, 11) is -3.83. The molecular weight excluding hydrogens is 422 g/mol. The van der Waals surface area contributed by atoms with Crippen LogP contribution in [0.5, 0.6) is 0 Å². The number of amides is 1. The van der Waals surface area contributed by atoms with Crippen molar-refractivity contribution in [2.24, 2.45) is 0 Å². The number of pyridine rings is 1. The van der Waals surface area contributed by atoms with E-state index in [0.29, 0.717) is 11.5 Å². The van der Waals surface area contributed by atoms with Crippen LogP contribution in [0, 0.1) is 6.92 Å². The van der Waals surface area contributed by atoms with Crippen molar-refractivity contribution in [3.63, 3.8) is 0 Å². The van der Waals surface area contributed by atoms with E-state index in [0.717, 1.165) is 23.1 Å². The Balaban J connectivity index is 1.80. The second kappa shape index (κ2) is 8.48. The van der Waals surface area contributed by atoms with Gasteiger partial charge >= 0.3 is 0 Å². The number of oxazole rings is 1. The number of aryl methyl sites for hydroxylation is 2. The molecule has 2 N–H and O–H groups in total. The highest BCUT2D eigenvalue weighted by atomic mass is 32.2. The third-order valence-electron chi connectivity index (χ3n) is 5.36. The molecule has 0 saturated carbocycles. The van der Waals surface area contributed by atoms with E-state index in [1.807, 2.05) is 24.3 Å². The van der Waals surface area contributed by atoms with Crippen LogP contribution in [0.25, 0.3) is 22.4 Å². The van der Waals surface area contributed by atoms with Gasteiger partial charge < -0.3 is 8.98 Å². The molecule has 0 fully saturated rings. The molecule has 10 heteroatoms. The fraction of sp³-hybridized carbons (Fsp3) is 0.286. The van der Waals surface area contributed by atoms with Crippen molar-refractivity contribution in [2.45, 2.75) is 31.6 Å². The first kappa shape index (κ1) is 22.4. The van der Waals surface area contributed by atoms with Crippen molar-refractivity contribution >= 4 is 15.7 Å². The number of hydrogen-bond acceptors (Lipinski definition) is 7. The third kappa shape index (κ3) is 4.59. The molecule has 0 spiro atoms. The lowest BCUT2D eigenvalue weighted by Crippen LogP contribution is -2.49. The molecule has 0 aliphatic carbocycles. The summed E-state index contributed by atoms with van der Waals surface area (Å²) >= 11 is 0. The number of carbonyl (C=O) groups excluding carboxylic acids is 1. The van der Waals surface area contributed by atoms with E-state index in [4.69, 9.17) is 9.62 Å². The summed E-state index contributed by atoms with van der Waals surface area (Å²) in [6.45, 7) is 2.97. The van der Waals surface area contributed by atoms with E-state index < -0.39 is 20.5 Å². The van der Waals surface area contributed by atoms with Crippen LogP contribution in [0.15, 0.2) is 58.1 Å². The van der Waals surface area contributed by atoms with Crippen LogP contribution >= 0.6 is 0 Å². The number of hydrogen-bond donors (Lipinski definition) is 2. The van der Waals surface area contributed by atoms with Crippen molar-refractivity contribution in [2.75, 3.05) is 6.26 Å². The molecule has 3 rings (SSSR count). The Labute approximate surface area is 179 Å². The van der Waals surface area contributed by atoms with Crippen LogP contribution in [0.1, 0.15) is 19.2 Å². The van der Waals surface area contributed by atoms with Crippen LogP contribution in [-0.2, 0) is 21.2 Å². The lowest BCUT2D eigenvalue weighted by Gasteiger charge is -2.25. The monoisotopic (exact) mass is 445 g/mol. The van der Waals surface area contributed by atoms with E-state index in [1.54, 1.807) is 25.5 Å². The maximum absolute atomic E-state index is 12.6. The molecule has 9 nitrogen and oxygen atoms in total. The lowest BCUT2D eigenvalue weighted by atomic mass is 10.0. The zero-order valence-electron chi connectivity index (χ0n) is 17.3. The molecule has 2 aromatic heterocycles. The Morgan fingerprint density at radius 3 is 2.35 bits per heavy atom. The molecular formula is C21H23N3O6S. The maximum Gasteiger partial charge on any atom is 0.264 e. The summed E-state index contributed by atoms with van der Waals surface area (Å²) in [4.78, 5) is 28.7. The van der Waals surface area contributed by atoms with Gasteiger partial charge in [-0.2, -0.15) is 0 Å². The Kier molecular flexibility index (Phi) is 6.14. The Hall–Kier alpha value is -3.24. The van der Waals surface area contributed by atoms with Crippen LogP contribution < -0.4 is 11.0 Å². The van der Waals surface area contributed by atoms with Gasteiger partial charge in [0.2, 0.25) is 0 Å². The second-order valence-corrected chi connectivity index (χ2v) is 9.92. The van der Waals surface area contributed by atoms with Gasteiger partial charge in [-0.05, 0) is 30.5 Å². The predicted molar refractivity (Wildman–Crippen MR) is 114 cm³/mol. The van der Waals surface area contributed by atoms with Gasteiger partial charge in [0.25, 0.3) is 11.5 Å². The minimum atomic E-state index is -3.83. The van der Waals surface area contributed by atoms with Crippen molar-refractivity contribution in [1.29, 1.82) is 0 Å². The number of hydroxylamine groups is 1. The summed E-state index contributed by atoms with van der Waals surface area (Å²) in [6, 6.07) is 10.7. The Morgan fingerprint density at radius 2 is 1.84 bits per heavy atom. The molecule has 1 atom stereocenters. The average Bonchev–Trinajstić information content (AvgIpc) is 3.17. The Bertz CT molecular complexity index is 1260. The van der Waals surface area contributed by atoms with Crippen molar-refractivity contribution in [1.82, 2.24) is 15.0 Å². The number of benzene rings is 1. The largest absolute Gasteiger partial charge is 0.449 e. The van der Waals surface area contributed by atoms with Gasteiger partial charge in [0.1, 0.15) is 12.0 Å². The SMILES string of the molecule is Cc1nc(-c2ccc(-c3ccn(CCC(C)(C(=O)NO)S(C)(=O)=O)c(=O)c3)cc2)co1. The van der Waals surface area contributed by atoms with Gasteiger partial charge in [0.05, 0.1) is 0 Å². The van der Waals surface area contributed by atoms with E-state index in [1.165, 1.54) is 23.0 Å². The van der Waals surface area contributed by atoms with Crippen molar-refractivity contribution < 1.29 is 22.8 Å². The normalized spacial score (nSPS) is 13.5. The minimum Gasteiger partial charge on any atom is -0.449 e. The zero-order valence-corrected chi connectivity index (χ0v) is 18.1. The van der Waals surface area contributed by atoms with Crippen LogP contribution in [0.2, 0.25) is 0 Å². The van der Waals surface area contributed by atoms with Crippen LogP contribution in [0.3, 0.4) is 0 Å². The molecule has 0 aliphatic heterocycles. The zero-order chi connectivity index (χ0) is 22.8. The fourth-order valence-corrected chi connectivity index (χ4v) is 3.97. The van der Waals surface area contributed by atoms with Gasteiger partial charge in [-0.3, -0.25) is 14.8 Å². The van der Waals surface area contributed by atoms with Crippen molar-refractivity contribution in [3.05, 3.63) is 65.1 Å². The highest BCUT2D eigenvalue weighted by Crippen LogP contribution is 2.25. The molecule has 0 aliphatic rings. The summed E-state index contributed by atoms with van der Waals surface area (Å²) in [5.41, 5.74) is 4.19. The van der Waals surface area contributed by atoms with Crippen LogP contribution in [-0.4, -0.2) is 40.1 Å². The van der Waals surface area contributed by atoms with Gasteiger partial charge in [0.15, 0.2) is 20.5 Å². The first-order valence-electron chi connectivity index (χ1n) is 9.43. The molecule has 0 bridgehead atoms. The number of rotatable bonds is 7. The first-order chi connectivity index (χ1) is 14.5. The first-order valence-corrected chi connectivity index (χ1v) is 11.3. The smallest absolute Gasteiger partial charge is 0.264 e. The lowest BCUT2D eigenvalue weighted by molar-refractivity contribution is -0.131. The third-order valence-corrected chi connectivity index (χ3v) is 7.39. The number of sulfone groups is 1. The van der Waals surface area contributed by atoms with Gasteiger partial charge in [-0.25, -0.2) is 18.9 Å². The van der Waals surface area contributed by atoms with Crippen LogP contribution in [0.4, 0.5) is 0 Å². The second-order valence-electron chi connectivity index (χ2n) is 7.47. The summed E-state index contributed by atoms with van der Waals surface area (Å²) < 4.78 is 28.8. The summed E-state index contributed by atoms with van der Waals surface area (Å²) in [6.07, 6.45) is 3.86. The molecule has 0 saturated heterocycles. The average molecular weight is 445 g/mol. The Morgan fingerprint density at radius 1 is 1.19 bits per heavy atom. The molecule has 0 radical (unpaired) electrons. The predicted octanol–water partition coefficient (Wildman–Crippen LogP) is 2.18. The topological polar surface area (TPSA) is 132 Å². The number of nitrogens with zero attached hydrogens (tertiary/aromatic N) is 2. The highest BCUT2D eigenvalue weighted by molar-refractivity contribution is 7.92. The summed E-state index contributed by atoms with van der Waals surface area (Å²) in [5, 5.41) is 8.90. The fourth-order valence-electron chi connectivity index (χ4n) is 3.12. The summed E-state index contributed by atoms with van der Waals surface area (Å²) in [5.74, 6) is -0.465. The standard InChI is InChI=1S/C21H23N3O6S/c1-14-22-18(13-30-14)16-6-4-15(5-7-16)17-8-10-24(19(25)12-17)11-9-21(2,20(26)23-27)31(3,28)29/h4-8,10,12-13,27H,9,11H2,1-3H3,(H,23,26). The number of carbonyl (C=O) groups is 1. The highest BCUT2D eigenvalue weighted by Gasteiger charge is 2.43. The van der Waals surface area contributed by atoms with E-state index >= 15 is 0 Å². The van der Waals surface area contributed by atoms with Gasteiger partial charge in [-0.1, -0.05) is 24.3 Å². The van der Waals surface area contributed by atoms with Gasteiger partial charge in [0, 0.05) is 37.6 Å². The number of nitrogens with one attached hydrogen (secondary N) is 1. The molecule has 1 aromatic carbocycles. The molecule has 3 aromatic rings. The van der Waals surface area contributed by atoms with E-state index in [2.05, 4.69) is 4.98 Å². The van der Waals surface area contributed by atoms with E-state index in [9.17, 15) is 18.0 Å². The van der Waals surface area contributed by atoms with E-state index in [-0.39, 0.29) is 18.5 Å². The molecule has 1 amide bonds. The quantitative estimate of drug-likeness (QED) is 0.421. The van der Waals surface area contributed by atoms with Gasteiger partial charge in [-0.15, -0.1) is 0 Å². The maximum atomic E-state index is 12.6. The minimum absolute atomic E-state index is 0.0133. The molecule has 1 unspecified atom stereocenters. The molecule has 164 valence electrons. The molecule has 2 heterocycles.